The predicted molar refractivity (Wildman–Crippen MR) is 98.6 cm³/mol. The molecule has 0 spiro atoms. The molecule has 2 aromatic carbocycles. The van der Waals surface area contributed by atoms with E-state index in [0.717, 1.165) is 13.0 Å². The molecular weight excluding hydrogens is 278 g/mol. The quantitative estimate of drug-likeness (QED) is 0.476. The first-order chi connectivity index (χ1) is 11.4. The molecule has 3 rings (SSSR count). The van der Waals surface area contributed by atoms with Crippen LogP contribution in [0.25, 0.3) is 11.1 Å². The maximum absolute atomic E-state index is 2.42. The van der Waals surface area contributed by atoms with E-state index in [0.29, 0.717) is 0 Å². The van der Waals surface area contributed by atoms with Crippen LogP contribution in [0.3, 0.4) is 0 Å². The minimum Gasteiger partial charge on any atom is -0.346 e. The van der Waals surface area contributed by atoms with Crippen molar-refractivity contribution in [1.82, 2.24) is 4.57 Å². The van der Waals surface area contributed by atoms with E-state index in [1.807, 2.05) is 0 Å². The van der Waals surface area contributed by atoms with Crippen molar-refractivity contribution in [3.05, 3.63) is 84.2 Å². The summed E-state index contributed by atoms with van der Waals surface area (Å²) in [6.45, 7) is 3.22. The first-order valence-corrected chi connectivity index (χ1v) is 8.66. The highest BCUT2D eigenvalue weighted by molar-refractivity contribution is 5.66. The zero-order valence-corrected chi connectivity index (χ0v) is 13.9. The van der Waals surface area contributed by atoms with Gasteiger partial charge in [0.25, 0.3) is 0 Å². The third-order valence-corrected chi connectivity index (χ3v) is 4.38. The standard InChI is InChI=1S/C22H25N/c1-2-3-6-15-22-21(20-13-9-5-10-14-20)16-17-23(22)18-19-11-7-4-8-12-19/h4-5,7-14,16-17H,2-3,6,15,18H2,1H3. The van der Waals surface area contributed by atoms with Crippen molar-refractivity contribution in [2.75, 3.05) is 0 Å². The van der Waals surface area contributed by atoms with Crippen LogP contribution in [-0.4, -0.2) is 4.57 Å². The summed E-state index contributed by atoms with van der Waals surface area (Å²) in [4.78, 5) is 0. The molecule has 0 aliphatic heterocycles. The first-order valence-electron chi connectivity index (χ1n) is 8.66. The zero-order valence-electron chi connectivity index (χ0n) is 13.9. The highest BCUT2D eigenvalue weighted by atomic mass is 15.0. The second-order valence-electron chi connectivity index (χ2n) is 6.11. The summed E-state index contributed by atoms with van der Waals surface area (Å²) in [5.74, 6) is 0. The summed E-state index contributed by atoms with van der Waals surface area (Å²) in [6.07, 6.45) is 7.22. The van der Waals surface area contributed by atoms with E-state index in [2.05, 4.69) is 84.4 Å². The van der Waals surface area contributed by atoms with Crippen LogP contribution in [0, 0.1) is 0 Å². The van der Waals surface area contributed by atoms with E-state index in [4.69, 9.17) is 0 Å². The molecule has 118 valence electrons. The van der Waals surface area contributed by atoms with Gasteiger partial charge < -0.3 is 4.57 Å². The average Bonchev–Trinajstić information content (AvgIpc) is 3.00. The molecule has 0 saturated carbocycles. The van der Waals surface area contributed by atoms with Crippen LogP contribution >= 0.6 is 0 Å². The maximum Gasteiger partial charge on any atom is 0.0473 e. The van der Waals surface area contributed by atoms with E-state index in [1.165, 1.54) is 41.6 Å². The molecule has 0 N–H and O–H groups in total. The molecule has 1 nitrogen and oxygen atoms in total. The molecule has 0 unspecified atom stereocenters. The number of unbranched alkanes of at least 4 members (excludes halogenated alkanes) is 2. The van der Waals surface area contributed by atoms with Crippen molar-refractivity contribution in [2.24, 2.45) is 0 Å². The molecule has 0 aliphatic rings. The van der Waals surface area contributed by atoms with Gasteiger partial charge in [0.1, 0.15) is 0 Å². The van der Waals surface area contributed by atoms with E-state index in [9.17, 15) is 0 Å². The highest BCUT2D eigenvalue weighted by Crippen LogP contribution is 2.27. The minimum absolute atomic E-state index is 0.954. The van der Waals surface area contributed by atoms with Crippen LogP contribution in [0.2, 0.25) is 0 Å². The van der Waals surface area contributed by atoms with Gasteiger partial charge in [0, 0.05) is 24.0 Å². The second kappa shape index (κ2) is 7.82. The Hall–Kier alpha value is -2.28. The monoisotopic (exact) mass is 303 g/mol. The Morgan fingerprint density at radius 1 is 0.783 bits per heavy atom. The van der Waals surface area contributed by atoms with Crippen LogP contribution in [0.5, 0.6) is 0 Å². The molecule has 1 aromatic heterocycles. The first kappa shape index (κ1) is 15.6. The Morgan fingerprint density at radius 2 is 1.48 bits per heavy atom. The summed E-state index contributed by atoms with van der Waals surface area (Å²) in [5.41, 5.74) is 5.54. The summed E-state index contributed by atoms with van der Waals surface area (Å²) < 4.78 is 2.42. The van der Waals surface area contributed by atoms with Crippen LogP contribution in [0.4, 0.5) is 0 Å². The van der Waals surface area contributed by atoms with Gasteiger partial charge in [0.15, 0.2) is 0 Å². The fourth-order valence-electron chi connectivity index (χ4n) is 3.13. The Kier molecular flexibility index (Phi) is 5.31. The fourth-order valence-corrected chi connectivity index (χ4v) is 3.13. The lowest BCUT2D eigenvalue weighted by Gasteiger charge is -2.12. The summed E-state index contributed by atoms with van der Waals surface area (Å²) in [6, 6.07) is 23.8. The largest absolute Gasteiger partial charge is 0.346 e. The molecule has 1 heteroatoms. The van der Waals surface area contributed by atoms with Crippen molar-refractivity contribution in [3.8, 4) is 11.1 Å². The van der Waals surface area contributed by atoms with Gasteiger partial charge in [-0.15, -0.1) is 0 Å². The molecule has 3 aromatic rings. The van der Waals surface area contributed by atoms with Gasteiger partial charge in [-0.2, -0.15) is 0 Å². The number of benzene rings is 2. The molecule has 0 atom stereocenters. The predicted octanol–water partition coefficient (Wildman–Crippen LogP) is 5.94. The number of hydrogen-bond acceptors (Lipinski definition) is 0. The molecule has 0 aliphatic carbocycles. The van der Waals surface area contributed by atoms with Crippen molar-refractivity contribution < 1.29 is 0 Å². The minimum atomic E-state index is 0.954. The molecule has 0 amide bonds. The van der Waals surface area contributed by atoms with Crippen molar-refractivity contribution >= 4 is 0 Å². The summed E-state index contributed by atoms with van der Waals surface area (Å²) >= 11 is 0. The highest BCUT2D eigenvalue weighted by Gasteiger charge is 2.11. The van der Waals surface area contributed by atoms with Gasteiger partial charge in [-0.3, -0.25) is 0 Å². The summed E-state index contributed by atoms with van der Waals surface area (Å²) in [7, 11) is 0. The van der Waals surface area contributed by atoms with E-state index >= 15 is 0 Å². The SMILES string of the molecule is CCCCCc1c(-c2ccccc2)ccn1Cc1ccccc1. The third-order valence-electron chi connectivity index (χ3n) is 4.38. The Labute approximate surface area is 139 Å². The molecular formula is C22H25N. The van der Waals surface area contributed by atoms with Crippen molar-refractivity contribution in [3.63, 3.8) is 0 Å². The lowest BCUT2D eigenvalue weighted by Crippen LogP contribution is -2.04. The molecule has 1 heterocycles. The van der Waals surface area contributed by atoms with Crippen LogP contribution in [0.15, 0.2) is 72.9 Å². The Balaban J connectivity index is 1.91. The topological polar surface area (TPSA) is 4.93 Å². The van der Waals surface area contributed by atoms with Crippen LogP contribution in [0.1, 0.15) is 37.4 Å². The molecule has 0 saturated heterocycles. The van der Waals surface area contributed by atoms with Gasteiger partial charge in [0.2, 0.25) is 0 Å². The maximum atomic E-state index is 2.42. The lowest BCUT2D eigenvalue weighted by atomic mass is 10.0. The summed E-state index contributed by atoms with van der Waals surface area (Å²) in [5, 5.41) is 0. The normalized spacial score (nSPS) is 10.8. The van der Waals surface area contributed by atoms with E-state index in [-0.39, 0.29) is 0 Å². The Morgan fingerprint density at radius 3 is 2.17 bits per heavy atom. The number of rotatable bonds is 7. The molecule has 0 bridgehead atoms. The van der Waals surface area contributed by atoms with E-state index in [1.54, 1.807) is 0 Å². The molecule has 23 heavy (non-hydrogen) atoms. The number of nitrogens with zero attached hydrogens (tertiary/aromatic N) is 1. The smallest absolute Gasteiger partial charge is 0.0473 e. The Bertz CT molecular complexity index is 710. The lowest BCUT2D eigenvalue weighted by molar-refractivity contribution is 0.668. The molecule has 0 fully saturated rings. The van der Waals surface area contributed by atoms with Crippen LogP contribution in [-0.2, 0) is 13.0 Å². The van der Waals surface area contributed by atoms with Crippen molar-refractivity contribution in [1.29, 1.82) is 0 Å². The van der Waals surface area contributed by atoms with Gasteiger partial charge >= 0.3 is 0 Å². The third kappa shape index (κ3) is 3.92. The van der Waals surface area contributed by atoms with Crippen LogP contribution < -0.4 is 0 Å². The fraction of sp³-hybridized carbons (Fsp3) is 0.273. The second-order valence-corrected chi connectivity index (χ2v) is 6.11. The van der Waals surface area contributed by atoms with Crippen molar-refractivity contribution in [2.45, 2.75) is 39.2 Å². The average molecular weight is 303 g/mol. The van der Waals surface area contributed by atoms with Gasteiger partial charge in [-0.1, -0.05) is 80.4 Å². The van der Waals surface area contributed by atoms with Gasteiger partial charge in [0.05, 0.1) is 0 Å². The zero-order chi connectivity index (χ0) is 15.9. The number of aromatic nitrogens is 1. The van der Waals surface area contributed by atoms with Gasteiger partial charge in [-0.25, -0.2) is 0 Å². The molecule has 0 radical (unpaired) electrons. The number of hydrogen-bond donors (Lipinski definition) is 0. The van der Waals surface area contributed by atoms with Gasteiger partial charge in [-0.05, 0) is 30.0 Å². The van der Waals surface area contributed by atoms with E-state index < -0.39 is 0 Å².